The van der Waals surface area contributed by atoms with Crippen LogP contribution in [0.25, 0.3) is 5.65 Å². The molecule has 0 fully saturated rings. The molecular formula is C9H6F3N3O2. The molecule has 0 unspecified atom stereocenters. The van der Waals surface area contributed by atoms with Crippen LogP contribution in [-0.2, 0) is 6.18 Å². The molecule has 0 amide bonds. The third-order valence-corrected chi connectivity index (χ3v) is 2.17. The van der Waals surface area contributed by atoms with Crippen molar-refractivity contribution in [3.8, 4) is 0 Å². The number of fused-ring (bicyclic) bond motifs is 1. The van der Waals surface area contributed by atoms with Crippen LogP contribution in [0.3, 0.4) is 0 Å². The van der Waals surface area contributed by atoms with Gasteiger partial charge in [-0.25, -0.2) is 14.3 Å². The molecule has 0 aliphatic carbocycles. The van der Waals surface area contributed by atoms with Crippen LogP contribution in [-0.4, -0.2) is 25.7 Å². The molecule has 0 saturated carbocycles. The van der Waals surface area contributed by atoms with Gasteiger partial charge in [0.2, 0.25) is 0 Å². The lowest BCUT2D eigenvalue weighted by Crippen LogP contribution is -2.09. The van der Waals surface area contributed by atoms with Gasteiger partial charge in [0, 0.05) is 5.69 Å². The Labute approximate surface area is 92.5 Å². The zero-order valence-corrected chi connectivity index (χ0v) is 8.49. The Morgan fingerprint density at radius 3 is 2.65 bits per heavy atom. The summed E-state index contributed by atoms with van der Waals surface area (Å²) in [7, 11) is 0. The zero-order chi connectivity index (χ0) is 12.8. The summed E-state index contributed by atoms with van der Waals surface area (Å²) >= 11 is 0. The summed E-state index contributed by atoms with van der Waals surface area (Å²) in [5.74, 6) is -1.38. The molecule has 2 heterocycles. The largest absolute Gasteiger partial charge is 0.477 e. The number of aromatic carboxylic acids is 1. The molecule has 1 N–H and O–H groups in total. The standard InChI is InChI=1S/C9H6F3N3O2/c1-4-2-6(8(16)17)14-7-5(9(10,11)12)3-13-15(4)7/h2-3H,1H3,(H,16,17). The van der Waals surface area contributed by atoms with Crippen LogP contribution in [0.4, 0.5) is 13.2 Å². The number of carbonyl (C=O) groups is 1. The van der Waals surface area contributed by atoms with Gasteiger partial charge in [0.1, 0.15) is 5.56 Å². The zero-order valence-electron chi connectivity index (χ0n) is 8.49. The fraction of sp³-hybridized carbons (Fsp3) is 0.222. The van der Waals surface area contributed by atoms with Crippen LogP contribution in [0.2, 0.25) is 0 Å². The molecule has 0 aliphatic heterocycles. The molecule has 2 rings (SSSR count). The van der Waals surface area contributed by atoms with E-state index in [0.29, 0.717) is 6.20 Å². The fourth-order valence-corrected chi connectivity index (χ4v) is 1.42. The topological polar surface area (TPSA) is 67.5 Å². The molecule has 0 saturated heterocycles. The highest BCUT2D eigenvalue weighted by molar-refractivity contribution is 5.86. The molecule has 0 aromatic carbocycles. The normalized spacial score (nSPS) is 12.0. The highest BCUT2D eigenvalue weighted by Gasteiger charge is 2.35. The Bertz CT molecular complexity index is 603. The van der Waals surface area contributed by atoms with E-state index in [1.807, 2.05) is 0 Å². The van der Waals surface area contributed by atoms with Crippen LogP contribution in [0, 0.1) is 6.92 Å². The van der Waals surface area contributed by atoms with Crippen molar-refractivity contribution in [2.24, 2.45) is 0 Å². The third kappa shape index (κ3) is 1.81. The maximum Gasteiger partial charge on any atom is 0.421 e. The molecular weight excluding hydrogens is 239 g/mol. The quantitative estimate of drug-likeness (QED) is 0.831. The van der Waals surface area contributed by atoms with E-state index in [1.165, 1.54) is 6.92 Å². The predicted molar refractivity (Wildman–Crippen MR) is 49.7 cm³/mol. The van der Waals surface area contributed by atoms with Gasteiger partial charge in [-0.15, -0.1) is 0 Å². The van der Waals surface area contributed by atoms with Gasteiger partial charge in [0.05, 0.1) is 6.20 Å². The van der Waals surface area contributed by atoms with Crippen molar-refractivity contribution in [1.82, 2.24) is 14.6 Å². The van der Waals surface area contributed by atoms with Crippen molar-refractivity contribution in [3.63, 3.8) is 0 Å². The molecule has 0 spiro atoms. The average Bonchev–Trinajstić information content (AvgIpc) is 2.60. The number of aryl methyl sites for hydroxylation is 1. The van der Waals surface area contributed by atoms with Gasteiger partial charge < -0.3 is 5.11 Å². The van der Waals surface area contributed by atoms with E-state index < -0.39 is 29.1 Å². The number of halogens is 3. The molecule has 17 heavy (non-hydrogen) atoms. The molecule has 0 radical (unpaired) electrons. The number of aromatic nitrogens is 3. The van der Waals surface area contributed by atoms with Crippen molar-refractivity contribution in [1.29, 1.82) is 0 Å². The summed E-state index contributed by atoms with van der Waals surface area (Å²) in [5.41, 5.74) is -1.73. The van der Waals surface area contributed by atoms with E-state index in [0.717, 1.165) is 10.6 Å². The van der Waals surface area contributed by atoms with E-state index in [2.05, 4.69) is 10.1 Å². The lowest BCUT2D eigenvalue weighted by atomic mass is 10.3. The lowest BCUT2D eigenvalue weighted by Gasteiger charge is -2.05. The first-order valence-corrected chi connectivity index (χ1v) is 4.46. The lowest BCUT2D eigenvalue weighted by molar-refractivity contribution is -0.136. The van der Waals surface area contributed by atoms with E-state index in [4.69, 9.17) is 5.11 Å². The minimum Gasteiger partial charge on any atom is -0.477 e. The van der Waals surface area contributed by atoms with E-state index >= 15 is 0 Å². The number of hydrogen-bond acceptors (Lipinski definition) is 3. The van der Waals surface area contributed by atoms with Crippen molar-refractivity contribution in [2.45, 2.75) is 13.1 Å². The number of rotatable bonds is 1. The molecule has 8 heteroatoms. The summed E-state index contributed by atoms with van der Waals surface area (Å²) in [5, 5.41) is 12.3. The van der Waals surface area contributed by atoms with Crippen LogP contribution >= 0.6 is 0 Å². The summed E-state index contributed by atoms with van der Waals surface area (Å²) in [4.78, 5) is 14.1. The Balaban J connectivity index is 2.79. The molecule has 0 bridgehead atoms. The summed E-state index contributed by atoms with van der Waals surface area (Å²) in [6.07, 6.45) is -3.99. The summed E-state index contributed by atoms with van der Waals surface area (Å²) in [6, 6.07) is 1.16. The second-order valence-corrected chi connectivity index (χ2v) is 3.38. The Morgan fingerprint density at radius 2 is 2.12 bits per heavy atom. The monoisotopic (exact) mass is 245 g/mol. The Hall–Kier alpha value is -2.12. The Kier molecular flexibility index (Phi) is 2.30. The molecule has 90 valence electrons. The highest BCUT2D eigenvalue weighted by Crippen LogP contribution is 2.31. The van der Waals surface area contributed by atoms with Gasteiger partial charge in [0.25, 0.3) is 0 Å². The van der Waals surface area contributed by atoms with Crippen LogP contribution in [0.5, 0.6) is 0 Å². The van der Waals surface area contributed by atoms with Crippen LogP contribution in [0.15, 0.2) is 12.3 Å². The fourth-order valence-electron chi connectivity index (χ4n) is 1.42. The van der Waals surface area contributed by atoms with E-state index in [9.17, 15) is 18.0 Å². The second-order valence-electron chi connectivity index (χ2n) is 3.38. The van der Waals surface area contributed by atoms with Crippen molar-refractivity contribution in [3.05, 3.63) is 29.2 Å². The van der Waals surface area contributed by atoms with Crippen LogP contribution < -0.4 is 0 Å². The van der Waals surface area contributed by atoms with Gasteiger partial charge in [-0.2, -0.15) is 18.3 Å². The SMILES string of the molecule is Cc1cc(C(=O)O)nc2c(C(F)(F)F)cnn12. The minimum atomic E-state index is -4.61. The Morgan fingerprint density at radius 1 is 1.47 bits per heavy atom. The maximum atomic E-state index is 12.6. The number of alkyl halides is 3. The van der Waals surface area contributed by atoms with Gasteiger partial charge in [-0.1, -0.05) is 0 Å². The minimum absolute atomic E-state index is 0.267. The molecule has 5 nitrogen and oxygen atoms in total. The number of nitrogens with zero attached hydrogens (tertiary/aromatic N) is 3. The van der Waals surface area contributed by atoms with Crippen LogP contribution in [0.1, 0.15) is 21.7 Å². The smallest absolute Gasteiger partial charge is 0.421 e. The van der Waals surface area contributed by atoms with Crippen molar-refractivity contribution < 1.29 is 23.1 Å². The van der Waals surface area contributed by atoms with E-state index in [1.54, 1.807) is 0 Å². The molecule has 0 aliphatic rings. The highest BCUT2D eigenvalue weighted by atomic mass is 19.4. The number of carboxylic acid groups (broad SMARTS) is 1. The van der Waals surface area contributed by atoms with Gasteiger partial charge in [-0.05, 0) is 13.0 Å². The van der Waals surface area contributed by atoms with Gasteiger partial charge >= 0.3 is 12.1 Å². The molecule has 0 atom stereocenters. The van der Waals surface area contributed by atoms with Gasteiger partial charge in [0.15, 0.2) is 11.3 Å². The first-order chi connectivity index (χ1) is 7.80. The second kappa shape index (κ2) is 3.44. The van der Waals surface area contributed by atoms with Crippen molar-refractivity contribution >= 4 is 11.6 Å². The first kappa shape index (κ1) is 11.4. The van der Waals surface area contributed by atoms with Gasteiger partial charge in [-0.3, -0.25) is 0 Å². The molecule has 2 aromatic rings. The molecule has 2 aromatic heterocycles. The third-order valence-electron chi connectivity index (χ3n) is 2.17. The number of hydrogen-bond donors (Lipinski definition) is 1. The summed E-state index contributed by atoms with van der Waals surface area (Å²) in [6.45, 7) is 1.45. The first-order valence-electron chi connectivity index (χ1n) is 4.46. The van der Waals surface area contributed by atoms with Crippen molar-refractivity contribution in [2.75, 3.05) is 0 Å². The summed E-state index contributed by atoms with van der Waals surface area (Å²) < 4.78 is 38.7. The maximum absolute atomic E-state index is 12.6. The predicted octanol–water partition coefficient (Wildman–Crippen LogP) is 1.75. The average molecular weight is 245 g/mol. The number of carboxylic acids is 1. The van der Waals surface area contributed by atoms with E-state index in [-0.39, 0.29) is 5.69 Å².